The van der Waals surface area contributed by atoms with Crippen molar-refractivity contribution in [2.24, 2.45) is 11.1 Å². The number of benzene rings is 1. The van der Waals surface area contributed by atoms with Crippen LogP contribution in [0.4, 0.5) is 0 Å². The molecule has 4 heteroatoms. The highest BCUT2D eigenvalue weighted by Crippen LogP contribution is 2.39. The summed E-state index contributed by atoms with van der Waals surface area (Å²) < 4.78 is 0. The van der Waals surface area contributed by atoms with Crippen molar-refractivity contribution in [2.45, 2.75) is 38.2 Å². The molecule has 100 valence electrons. The van der Waals surface area contributed by atoms with E-state index in [9.17, 15) is 5.11 Å². The number of rotatable bonds is 3. The average Bonchev–Trinajstić information content (AvgIpc) is 2.34. The zero-order chi connectivity index (χ0) is 13.2. The highest BCUT2D eigenvalue weighted by atomic mass is 35.5. The molecule has 2 unspecified atom stereocenters. The highest BCUT2D eigenvalue weighted by molar-refractivity contribution is 6.42. The molecule has 1 fully saturated rings. The van der Waals surface area contributed by atoms with Crippen LogP contribution in [-0.4, -0.2) is 17.8 Å². The van der Waals surface area contributed by atoms with E-state index in [1.165, 1.54) is 0 Å². The second-order valence-electron chi connectivity index (χ2n) is 5.38. The first-order chi connectivity index (χ1) is 8.54. The van der Waals surface area contributed by atoms with Crippen LogP contribution >= 0.6 is 23.2 Å². The summed E-state index contributed by atoms with van der Waals surface area (Å²) in [6.07, 6.45) is 4.43. The summed E-state index contributed by atoms with van der Waals surface area (Å²) in [4.78, 5) is 0. The third-order valence-electron chi connectivity index (χ3n) is 3.91. The molecule has 0 saturated heterocycles. The predicted molar refractivity (Wildman–Crippen MR) is 76.1 cm³/mol. The summed E-state index contributed by atoms with van der Waals surface area (Å²) in [6.45, 7) is 0.601. The summed E-state index contributed by atoms with van der Waals surface area (Å²) in [7, 11) is 0. The molecule has 0 aromatic heterocycles. The molecule has 3 N–H and O–H groups in total. The summed E-state index contributed by atoms with van der Waals surface area (Å²) in [6, 6.07) is 5.72. The molecule has 2 nitrogen and oxygen atoms in total. The first-order valence-electron chi connectivity index (χ1n) is 6.37. The van der Waals surface area contributed by atoms with Gasteiger partial charge in [-0.3, -0.25) is 0 Å². The highest BCUT2D eigenvalue weighted by Gasteiger charge is 2.34. The Morgan fingerprint density at radius 2 is 2.11 bits per heavy atom. The number of hydrogen-bond donors (Lipinski definition) is 2. The van der Waals surface area contributed by atoms with Gasteiger partial charge in [0.2, 0.25) is 0 Å². The Balaban J connectivity index is 2.16. The molecule has 2 rings (SSSR count). The van der Waals surface area contributed by atoms with E-state index in [0.717, 1.165) is 37.7 Å². The maximum absolute atomic E-state index is 9.85. The second-order valence-corrected chi connectivity index (χ2v) is 6.19. The van der Waals surface area contributed by atoms with Crippen molar-refractivity contribution in [1.82, 2.24) is 0 Å². The average molecular weight is 288 g/mol. The molecule has 1 aromatic carbocycles. The van der Waals surface area contributed by atoms with Crippen molar-refractivity contribution in [3.8, 4) is 0 Å². The number of aliphatic hydroxyl groups excluding tert-OH is 1. The topological polar surface area (TPSA) is 46.2 Å². The van der Waals surface area contributed by atoms with E-state index in [1.54, 1.807) is 0 Å². The predicted octanol–water partition coefficient (Wildman–Crippen LogP) is 3.42. The van der Waals surface area contributed by atoms with Gasteiger partial charge >= 0.3 is 0 Å². The minimum atomic E-state index is -0.218. The van der Waals surface area contributed by atoms with Gasteiger partial charge in [0.05, 0.1) is 16.1 Å². The molecular weight excluding hydrogens is 269 g/mol. The Morgan fingerprint density at radius 1 is 1.33 bits per heavy atom. The van der Waals surface area contributed by atoms with Gasteiger partial charge in [0.25, 0.3) is 0 Å². The van der Waals surface area contributed by atoms with Crippen LogP contribution in [0.3, 0.4) is 0 Å². The Morgan fingerprint density at radius 3 is 2.72 bits per heavy atom. The van der Waals surface area contributed by atoms with E-state index in [0.29, 0.717) is 16.6 Å². The van der Waals surface area contributed by atoms with E-state index in [1.807, 2.05) is 18.2 Å². The molecule has 0 heterocycles. The molecular formula is C14H19Cl2NO. The lowest BCUT2D eigenvalue weighted by molar-refractivity contribution is 0.0510. The SMILES string of the molecule is NCC1(Cc2ccc(Cl)c(Cl)c2)CCCC(O)C1. The van der Waals surface area contributed by atoms with Crippen molar-refractivity contribution in [3.05, 3.63) is 33.8 Å². The summed E-state index contributed by atoms with van der Waals surface area (Å²) in [5, 5.41) is 11.0. The van der Waals surface area contributed by atoms with Crippen LogP contribution in [-0.2, 0) is 6.42 Å². The minimum absolute atomic E-state index is 0.00876. The Bertz CT molecular complexity index is 424. The van der Waals surface area contributed by atoms with Gasteiger partial charge in [-0.25, -0.2) is 0 Å². The Labute approximate surface area is 118 Å². The molecule has 1 aromatic rings. The lowest BCUT2D eigenvalue weighted by Gasteiger charge is -2.38. The number of hydrogen-bond acceptors (Lipinski definition) is 2. The van der Waals surface area contributed by atoms with Crippen LogP contribution in [0.5, 0.6) is 0 Å². The smallest absolute Gasteiger partial charge is 0.0595 e. The van der Waals surface area contributed by atoms with Gasteiger partial charge in [0, 0.05) is 0 Å². The largest absolute Gasteiger partial charge is 0.393 e. The summed E-state index contributed by atoms with van der Waals surface area (Å²) >= 11 is 12.0. The molecule has 1 saturated carbocycles. The third kappa shape index (κ3) is 3.18. The maximum Gasteiger partial charge on any atom is 0.0595 e. The van der Waals surface area contributed by atoms with Gasteiger partial charge in [-0.05, 0) is 55.3 Å². The van der Waals surface area contributed by atoms with Crippen LogP contribution in [0.25, 0.3) is 0 Å². The van der Waals surface area contributed by atoms with Gasteiger partial charge in [0.1, 0.15) is 0 Å². The number of nitrogens with two attached hydrogens (primary N) is 1. The van der Waals surface area contributed by atoms with E-state index < -0.39 is 0 Å². The van der Waals surface area contributed by atoms with Gasteiger partial charge < -0.3 is 10.8 Å². The first kappa shape index (κ1) is 14.1. The summed E-state index contributed by atoms with van der Waals surface area (Å²) in [5.74, 6) is 0. The fourth-order valence-corrected chi connectivity index (χ4v) is 3.24. The number of aliphatic hydroxyl groups is 1. The van der Waals surface area contributed by atoms with E-state index in [2.05, 4.69) is 0 Å². The minimum Gasteiger partial charge on any atom is -0.393 e. The van der Waals surface area contributed by atoms with Crippen LogP contribution in [0.15, 0.2) is 18.2 Å². The molecule has 1 aliphatic rings. The monoisotopic (exact) mass is 287 g/mol. The first-order valence-corrected chi connectivity index (χ1v) is 7.12. The zero-order valence-corrected chi connectivity index (χ0v) is 11.8. The fourth-order valence-electron chi connectivity index (χ4n) is 2.92. The standard InChI is InChI=1S/C14H19Cl2NO/c15-12-4-3-10(6-13(12)16)7-14(9-17)5-1-2-11(18)8-14/h3-4,6,11,18H,1-2,5,7-9,17H2. The van der Waals surface area contributed by atoms with Crippen molar-refractivity contribution in [2.75, 3.05) is 6.54 Å². The third-order valence-corrected chi connectivity index (χ3v) is 4.65. The van der Waals surface area contributed by atoms with Gasteiger partial charge in [-0.1, -0.05) is 35.7 Å². The molecule has 0 amide bonds. The van der Waals surface area contributed by atoms with E-state index in [4.69, 9.17) is 28.9 Å². The van der Waals surface area contributed by atoms with E-state index in [-0.39, 0.29) is 11.5 Å². The normalized spacial score (nSPS) is 28.3. The van der Waals surface area contributed by atoms with Crippen LogP contribution in [0.1, 0.15) is 31.2 Å². The van der Waals surface area contributed by atoms with Gasteiger partial charge in [0.15, 0.2) is 0 Å². The molecule has 2 atom stereocenters. The lowest BCUT2D eigenvalue weighted by atomic mass is 9.69. The van der Waals surface area contributed by atoms with Crippen molar-refractivity contribution in [3.63, 3.8) is 0 Å². The quantitative estimate of drug-likeness (QED) is 0.895. The summed E-state index contributed by atoms with van der Waals surface area (Å²) in [5.41, 5.74) is 7.10. The number of halogens is 2. The van der Waals surface area contributed by atoms with Crippen LogP contribution < -0.4 is 5.73 Å². The molecule has 1 aliphatic carbocycles. The van der Waals surface area contributed by atoms with Gasteiger partial charge in [-0.15, -0.1) is 0 Å². The fraction of sp³-hybridized carbons (Fsp3) is 0.571. The maximum atomic E-state index is 9.85. The van der Waals surface area contributed by atoms with Crippen molar-refractivity contribution >= 4 is 23.2 Å². The molecule has 0 radical (unpaired) electrons. The van der Waals surface area contributed by atoms with E-state index >= 15 is 0 Å². The zero-order valence-electron chi connectivity index (χ0n) is 10.3. The van der Waals surface area contributed by atoms with Crippen molar-refractivity contribution in [1.29, 1.82) is 0 Å². The molecule has 18 heavy (non-hydrogen) atoms. The Kier molecular flexibility index (Phi) is 4.54. The van der Waals surface area contributed by atoms with Crippen LogP contribution in [0.2, 0.25) is 10.0 Å². The lowest BCUT2D eigenvalue weighted by Crippen LogP contribution is -2.39. The molecule has 0 bridgehead atoms. The van der Waals surface area contributed by atoms with Crippen LogP contribution in [0, 0.1) is 5.41 Å². The Hall–Kier alpha value is -0.280. The van der Waals surface area contributed by atoms with Crippen molar-refractivity contribution < 1.29 is 5.11 Å². The van der Waals surface area contributed by atoms with Gasteiger partial charge in [-0.2, -0.15) is 0 Å². The molecule has 0 spiro atoms. The second kappa shape index (κ2) is 5.79. The molecule has 0 aliphatic heterocycles.